The fourth-order valence-electron chi connectivity index (χ4n) is 2.84. The number of nitrogens with zero attached hydrogens (tertiary/aromatic N) is 2. The number of aromatic amines is 1. The first-order valence-corrected chi connectivity index (χ1v) is 7.98. The van der Waals surface area contributed by atoms with E-state index in [-0.39, 0.29) is 0 Å². The summed E-state index contributed by atoms with van der Waals surface area (Å²) in [5, 5.41) is 45.9. The van der Waals surface area contributed by atoms with Gasteiger partial charge in [0.05, 0.1) is 24.6 Å². The Kier molecular flexibility index (Phi) is 4.15. The summed E-state index contributed by atoms with van der Waals surface area (Å²) in [7, 11) is 2.01. The van der Waals surface area contributed by atoms with Crippen LogP contribution in [0.3, 0.4) is 0 Å². The molecule has 0 aromatic carbocycles. The van der Waals surface area contributed by atoms with Crippen LogP contribution in [0.1, 0.15) is 0 Å². The Balaban J connectivity index is 1.90. The summed E-state index contributed by atoms with van der Waals surface area (Å²) in [5.41, 5.74) is 0.642. The number of allylic oxidation sites excluding steroid dienone is 1. The molecule has 3 rings (SSSR count). The van der Waals surface area contributed by atoms with Gasteiger partial charge in [-0.15, -0.1) is 11.8 Å². The Morgan fingerprint density at radius 2 is 2.00 bits per heavy atom. The van der Waals surface area contributed by atoms with Crippen LogP contribution in [0.15, 0.2) is 36.3 Å². The number of hydrogen-bond donors (Lipinski definition) is 5. The first-order chi connectivity index (χ1) is 10.4. The lowest BCUT2D eigenvalue weighted by atomic mass is 9.97. The van der Waals surface area contributed by atoms with Gasteiger partial charge in [-0.3, -0.25) is 9.58 Å². The van der Waals surface area contributed by atoms with Gasteiger partial charge in [0.15, 0.2) is 5.69 Å². The molecule has 22 heavy (non-hydrogen) atoms. The number of quaternary nitrogens is 1. The molecule has 120 valence electrons. The van der Waals surface area contributed by atoms with Crippen molar-refractivity contribution < 1.29 is 20.4 Å². The summed E-state index contributed by atoms with van der Waals surface area (Å²) in [4.78, 5) is 0. The Hall–Kier alpha value is -1.16. The van der Waals surface area contributed by atoms with E-state index in [2.05, 4.69) is 10.2 Å². The van der Waals surface area contributed by atoms with Crippen LogP contribution in [0.4, 0.5) is 5.69 Å². The van der Waals surface area contributed by atoms with Gasteiger partial charge < -0.3 is 20.4 Å². The molecule has 0 amide bonds. The zero-order chi connectivity index (χ0) is 15.9. The smallest absolute Gasteiger partial charge is 0.175 e. The predicted octanol–water partition coefficient (Wildman–Crippen LogP) is -0.683. The monoisotopic (exact) mass is 326 g/mol. The van der Waals surface area contributed by atoms with Crippen molar-refractivity contribution in [3.8, 4) is 0 Å². The lowest BCUT2D eigenvalue weighted by Gasteiger charge is -2.40. The number of H-pyrrole nitrogens is 1. The largest absolute Gasteiger partial charge is 0.389 e. The van der Waals surface area contributed by atoms with Crippen molar-refractivity contribution in [1.82, 2.24) is 14.7 Å². The fraction of sp³-hybridized carbons (Fsp3) is 0.500. The molecule has 7 nitrogen and oxygen atoms in total. The fourth-order valence-corrected chi connectivity index (χ4v) is 4.08. The van der Waals surface area contributed by atoms with Crippen molar-refractivity contribution in [3.05, 3.63) is 36.3 Å². The zero-order valence-electron chi connectivity index (χ0n) is 12.1. The van der Waals surface area contributed by atoms with E-state index in [1.165, 1.54) is 0 Å². The number of hydrogen-bond acceptors (Lipinski definition) is 6. The van der Waals surface area contributed by atoms with Gasteiger partial charge in [-0.1, -0.05) is 6.08 Å². The lowest BCUT2D eigenvalue weighted by molar-refractivity contribution is -0.0894. The summed E-state index contributed by atoms with van der Waals surface area (Å²) in [6.07, 6.45) is 5.54. The minimum atomic E-state index is -1.37. The van der Waals surface area contributed by atoms with Crippen LogP contribution in [0.5, 0.6) is 0 Å². The second-order valence-electron chi connectivity index (χ2n) is 5.86. The SMILES string of the molecule is C[N+]1(c2cn[nH]c2)C=C(C2S[C@@H](O)[C@H](O)[C@@H](O)[C@@H]2O)C=CC1. The van der Waals surface area contributed by atoms with Crippen molar-refractivity contribution in [2.45, 2.75) is 29.0 Å². The van der Waals surface area contributed by atoms with Gasteiger partial charge in [-0.2, -0.15) is 5.10 Å². The minimum absolute atomic E-state index is 0.473. The van der Waals surface area contributed by atoms with Crippen LogP contribution in [0.2, 0.25) is 0 Å². The van der Waals surface area contributed by atoms with Crippen molar-refractivity contribution in [3.63, 3.8) is 0 Å². The normalized spacial score (nSPS) is 42.2. The van der Waals surface area contributed by atoms with E-state index in [1.54, 1.807) is 6.20 Å². The van der Waals surface area contributed by atoms with Gasteiger partial charge >= 0.3 is 0 Å². The Morgan fingerprint density at radius 3 is 2.68 bits per heavy atom. The minimum Gasteiger partial charge on any atom is -0.389 e. The molecule has 0 spiro atoms. The van der Waals surface area contributed by atoms with Gasteiger partial charge in [-0.05, 0) is 6.08 Å². The van der Waals surface area contributed by atoms with Crippen molar-refractivity contribution >= 4 is 17.4 Å². The summed E-state index contributed by atoms with van der Waals surface area (Å²) in [5.74, 6) is 0. The third-order valence-corrected chi connectivity index (χ3v) is 5.62. The molecule has 2 unspecified atom stereocenters. The van der Waals surface area contributed by atoms with E-state index in [9.17, 15) is 20.4 Å². The molecule has 1 aromatic heterocycles. The lowest BCUT2D eigenvalue weighted by Crippen LogP contribution is -2.54. The maximum Gasteiger partial charge on any atom is 0.175 e. The maximum absolute atomic E-state index is 10.2. The van der Waals surface area contributed by atoms with Crippen molar-refractivity contribution in [2.75, 3.05) is 13.6 Å². The highest BCUT2D eigenvalue weighted by atomic mass is 32.2. The Labute approximate surface area is 132 Å². The van der Waals surface area contributed by atoms with Crippen LogP contribution in [-0.4, -0.2) is 73.2 Å². The predicted molar refractivity (Wildman–Crippen MR) is 83.8 cm³/mol. The number of aliphatic hydroxyl groups is 4. The molecule has 8 heteroatoms. The van der Waals surface area contributed by atoms with E-state index in [0.29, 0.717) is 4.48 Å². The Bertz CT molecular complexity index is 591. The second-order valence-corrected chi connectivity index (χ2v) is 7.12. The third-order valence-electron chi connectivity index (χ3n) is 4.22. The summed E-state index contributed by atoms with van der Waals surface area (Å²) in [6.45, 7) is 0.740. The molecule has 3 heterocycles. The molecular formula is C14H20N3O4S+. The van der Waals surface area contributed by atoms with E-state index in [1.807, 2.05) is 31.6 Å². The van der Waals surface area contributed by atoms with Gasteiger partial charge in [0.1, 0.15) is 36.6 Å². The highest BCUT2D eigenvalue weighted by Gasteiger charge is 2.45. The topological polar surface area (TPSA) is 110 Å². The van der Waals surface area contributed by atoms with Gasteiger partial charge in [0.2, 0.25) is 0 Å². The summed E-state index contributed by atoms with van der Waals surface area (Å²) >= 11 is 1.05. The van der Waals surface area contributed by atoms with E-state index >= 15 is 0 Å². The molecule has 2 aliphatic rings. The number of aromatic nitrogens is 2. The molecule has 0 saturated carbocycles. The van der Waals surface area contributed by atoms with Crippen molar-refractivity contribution in [2.24, 2.45) is 0 Å². The average molecular weight is 326 g/mol. The number of thioether (sulfide) groups is 1. The number of rotatable bonds is 2. The highest BCUT2D eigenvalue weighted by Crippen LogP contribution is 2.38. The van der Waals surface area contributed by atoms with Crippen molar-refractivity contribution in [1.29, 1.82) is 0 Å². The summed E-state index contributed by atoms with van der Waals surface area (Å²) < 4.78 is 0.473. The first-order valence-electron chi connectivity index (χ1n) is 7.04. The van der Waals surface area contributed by atoms with E-state index in [4.69, 9.17) is 0 Å². The van der Waals surface area contributed by atoms with Gasteiger partial charge in [-0.25, -0.2) is 0 Å². The molecule has 0 bridgehead atoms. The molecule has 5 N–H and O–H groups in total. The molecule has 0 aliphatic carbocycles. The quantitative estimate of drug-likeness (QED) is 0.461. The molecule has 1 aromatic rings. The van der Waals surface area contributed by atoms with Crippen LogP contribution in [0.25, 0.3) is 0 Å². The van der Waals surface area contributed by atoms with E-state index in [0.717, 1.165) is 29.6 Å². The molecule has 0 radical (unpaired) electrons. The van der Waals surface area contributed by atoms with Gasteiger partial charge in [0.25, 0.3) is 0 Å². The zero-order valence-corrected chi connectivity index (χ0v) is 12.9. The molecule has 2 aliphatic heterocycles. The number of likely N-dealkylation sites (N-methyl/N-ethyl adjacent to an activating group) is 1. The first kappa shape index (κ1) is 15.7. The van der Waals surface area contributed by atoms with Gasteiger partial charge in [0, 0.05) is 5.57 Å². The highest BCUT2D eigenvalue weighted by molar-refractivity contribution is 8.00. The third kappa shape index (κ3) is 2.62. The molecule has 1 fully saturated rings. The molecular weight excluding hydrogens is 306 g/mol. The van der Waals surface area contributed by atoms with Crippen LogP contribution >= 0.6 is 11.8 Å². The van der Waals surface area contributed by atoms with Crippen LogP contribution < -0.4 is 4.48 Å². The summed E-state index contributed by atoms with van der Waals surface area (Å²) in [6, 6.07) is 0. The Morgan fingerprint density at radius 1 is 1.23 bits per heavy atom. The van der Waals surface area contributed by atoms with Crippen LogP contribution in [-0.2, 0) is 0 Å². The second kappa shape index (κ2) is 5.80. The van der Waals surface area contributed by atoms with E-state index < -0.39 is 29.0 Å². The number of nitrogens with one attached hydrogen (secondary N) is 1. The standard InChI is InChI=1S/C14H20N3O4S/c1-17(9-5-15-16-6-9)4-2-3-8(7-17)13-11(19)10(18)12(20)14(21)22-13/h2-3,5-7,10-14,18-21H,4H2,1H3,(H,15,16)/q+1/t10-,11-,12+,13?,14+,17?/m0/s1. The number of aliphatic hydroxyl groups excluding tert-OH is 4. The molecule has 1 saturated heterocycles. The maximum atomic E-state index is 10.2. The molecule has 6 atom stereocenters. The average Bonchev–Trinajstić information content (AvgIpc) is 3.04. The van der Waals surface area contributed by atoms with Crippen LogP contribution in [0, 0.1) is 0 Å².